The molecule has 2 aliphatic heterocycles. The minimum Gasteiger partial charge on any atom is -0.292 e. The van der Waals surface area contributed by atoms with Crippen LogP contribution in [0.15, 0.2) is 102 Å². The number of nitrogens with zero attached hydrogens (tertiary/aromatic N) is 4. The molecule has 0 amide bonds. The van der Waals surface area contributed by atoms with Crippen molar-refractivity contribution in [2.24, 2.45) is 10.9 Å². The van der Waals surface area contributed by atoms with Crippen LogP contribution in [-0.4, -0.2) is 22.8 Å². The number of hydrazine groups is 1. The standard InChI is InChI=1S/C29H25N5/c1-28(2,19-30)22-9-11-24(12-10-22)34-29-15-14-26(33-27(29)7-3-6-23(29)18-32-34)21-8-13-25-20(17-21)5-4-16-31-25/h3-17,23,32H,18H2,1-2H3. The first-order valence-electron chi connectivity index (χ1n) is 11.6. The van der Waals surface area contributed by atoms with E-state index in [4.69, 9.17) is 4.99 Å². The third kappa shape index (κ3) is 3.03. The fourth-order valence-electron chi connectivity index (χ4n) is 5.15. The summed E-state index contributed by atoms with van der Waals surface area (Å²) in [5.74, 6) is 0.269. The average Bonchev–Trinajstić information content (AvgIpc) is 3.26. The summed E-state index contributed by atoms with van der Waals surface area (Å²) in [5, 5.41) is 12.8. The zero-order chi connectivity index (χ0) is 23.3. The Balaban J connectivity index is 1.38. The normalized spacial score (nSPS) is 23.2. The Morgan fingerprint density at radius 1 is 1.15 bits per heavy atom. The first-order chi connectivity index (χ1) is 16.5. The molecular formula is C29H25N5. The lowest BCUT2D eigenvalue weighted by atomic mass is 9.76. The van der Waals surface area contributed by atoms with Gasteiger partial charge in [0.2, 0.25) is 0 Å². The summed E-state index contributed by atoms with van der Waals surface area (Å²) in [5.41, 5.74) is 8.81. The van der Waals surface area contributed by atoms with Crippen LogP contribution in [0.4, 0.5) is 5.69 Å². The van der Waals surface area contributed by atoms with Crippen LogP contribution < -0.4 is 10.4 Å². The van der Waals surface area contributed by atoms with E-state index in [0.717, 1.165) is 45.7 Å². The van der Waals surface area contributed by atoms with Crippen molar-refractivity contribution in [2.45, 2.75) is 24.8 Å². The summed E-state index contributed by atoms with van der Waals surface area (Å²) < 4.78 is 0. The third-order valence-corrected chi connectivity index (χ3v) is 7.17. The topological polar surface area (TPSA) is 64.3 Å². The van der Waals surface area contributed by atoms with E-state index in [2.05, 4.69) is 100 Å². The molecule has 5 nitrogen and oxygen atoms in total. The summed E-state index contributed by atoms with van der Waals surface area (Å²) in [4.78, 5) is 9.59. The van der Waals surface area contributed by atoms with E-state index in [-0.39, 0.29) is 11.5 Å². The van der Waals surface area contributed by atoms with Gasteiger partial charge in [-0.1, -0.05) is 36.4 Å². The molecule has 3 aromatic rings. The first-order valence-corrected chi connectivity index (χ1v) is 11.6. The minimum atomic E-state index is -0.518. The van der Waals surface area contributed by atoms with Gasteiger partial charge in [0.15, 0.2) is 0 Å². The van der Waals surface area contributed by atoms with Gasteiger partial charge in [0.1, 0.15) is 5.54 Å². The summed E-state index contributed by atoms with van der Waals surface area (Å²) in [7, 11) is 0. The highest BCUT2D eigenvalue weighted by Crippen LogP contribution is 2.45. The second-order valence-electron chi connectivity index (χ2n) is 9.59. The van der Waals surface area contributed by atoms with E-state index in [0.29, 0.717) is 0 Å². The number of rotatable bonds is 3. The minimum absolute atomic E-state index is 0.269. The van der Waals surface area contributed by atoms with Crippen molar-refractivity contribution in [3.05, 3.63) is 108 Å². The molecule has 0 saturated carbocycles. The van der Waals surface area contributed by atoms with Crippen molar-refractivity contribution in [1.82, 2.24) is 10.4 Å². The van der Waals surface area contributed by atoms with Crippen molar-refractivity contribution in [1.29, 1.82) is 5.26 Å². The fourth-order valence-corrected chi connectivity index (χ4v) is 5.15. The molecule has 1 aliphatic carbocycles. The molecule has 166 valence electrons. The molecule has 1 N–H and O–H groups in total. The zero-order valence-corrected chi connectivity index (χ0v) is 19.2. The number of nitriles is 1. The second-order valence-corrected chi connectivity index (χ2v) is 9.59. The van der Waals surface area contributed by atoms with Crippen molar-refractivity contribution in [3.63, 3.8) is 0 Å². The van der Waals surface area contributed by atoms with Gasteiger partial charge in [0, 0.05) is 29.6 Å². The lowest BCUT2D eigenvalue weighted by Gasteiger charge is -2.42. The van der Waals surface area contributed by atoms with Crippen LogP contribution in [0.25, 0.3) is 10.9 Å². The highest BCUT2D eigenvalue weighted by atomic mass is 15.6. The molecular weight excluding hydrogens is 418 g/mol. The highest BCUT2D eigenvalue weighted by Gasteiger charge is 2.51. The number of pyridine rings is 1. The quantitative estimate of drug-likeness (QED) is 0.602. The van der Waals surface area contributed by atoms with Crippen molar-refractivity contribution >= 4 is 22.3 Å². The Morgan fingerprint density at radius 2 is 2.00 bits per heavy atom. The van der Waals surface area contributed by atoms with Crippen molar-refractivity contribution in [3.8, 4) is 6.07 Å². The highest BCUT2D eigenvalue weighted by molar-refractivity contribution is 6.11. The smallest absolute Gasteiger partial charge is 0.124 e. The van der Waals surface area contributed by atoms with Gasteiger partial charge in [-0.3, -0.25) is 9.99 Å². The number of hydrogen-bond acceptors (Lipinski definition) is 5. The maximum absolute atomic E-state index is 9.50. The number of dihydropyridines is 1. The van der Waals surface area contributed by atoms with Crippen LogP contribution in [0.1, 0.15) is 25.0 Å². The number of fused-ring (bicyclic) bond motifs is 1. The lowest BCUT2D eigenvalue weighted by Crippen LogP contribution is -2.52. The van der Waals surface area contributed by atoms with Crippen molar-refractivity contribution in [2.75, 3.05) is 11.6 Å². The Kier molecular flexibility index (Phi) is 4.55. The molecule has 2 aromatic carbocycles. The van der Waals surface area contributed by atoms with E-state index in [1.807, 2.05) is 26.1 Å². The summed E-state index contributed by atoms with van der Waals surface area (Å²) in [6, 6.07) is 21.0. The largest absolute Gasteiger partial charge is 0.292 e. The molecule has 1 aromatic heterocycles. The van der Waals surface area contributed by atoms with Crippen LogP contribution in [0, 0.1) is 17.2 Å². The average molecular weight is 444 g/mol. The summed E-state index contributed by atoms with van der Waals surface area (Å²) in [6.07, 6.45) is 12.8. The third-order valence-electron chi connectivity index (χ3n) is 7.17. The Labute approximate surface area is 199 Å². The number of hydrogen-bond donors (Lipinski definition) is 1. The zero-order valence-electron chi connectivity index (χ0n) is 19.2. The number of nitrogens with one attached hydrogen (secondary N) is 1. The lowest BCUT2D eigenvalue weighted by molar-refractivity contribution is 0.504. The Hall–Kier alpha value is -4.01. The van der Waals surface area contributed by atoms with Crippen LogP contribution in [0.5, 0.6) is 0 Å². The molecule has 1 fully saturated rings. The predicted molar refractivity (Wildman–Crippen MR) is 136 cm³/mol. The molecule has 6 rings (SSSR count). The maximum atomic E-state index is 9.50. The van der Waals surface area contributed by atoms with Gasteiger partial charge in [0.25, 0.3) is 0 Å². The monoisotopic (exact) mass is 443 g/mol. The number of allylic oxidation sites excluding steroid dienone is 3. The van der Waals surface area contributed by atoms with Crippen LogP contribution in [0.3, 0.4) is 0 Å². The van der Waals surface area contributed by atoms with Gasteiger partial charge in [-0.25, -0.2) is 10.4 Å². The molecule has 3 aliphatic rings. The Bertz CT molecular complexity index is 1450. The van der Waals surface area contributed by atoms with Gasteiger partial charge in [0.05, 0.1) is 34.1 Å². The molecule has 5 heteroatoms. The van der Waals surface area contributed by atoms with Gasteiger partial charge in [-0.2, -0.15) is 5.26 Å². The van der Waals surface area contributed by atoms with Crippen LogP contribution in [-0.2, 0) is 5.41 Å². The molecule has 0 bridgehead atoms. The van der Waals surface area contributed by atoms with Gasteiger partial charge in [-0.15, -0.1) is 0 Å². The van der Waals surface area contributed by atoms with E-state index >= 15 is 0 Å². The molecule has 2 atom stereocenters. The Morgan fingerprint density at radius 3 is 2.82 bits per heavy atom. The second kappa shape index (κ2) is 7.51. The van der Waals surface area contributed by atoms with Gasteiger partial charge < -0.3 is 0 Å². The predicted octanol–water partition coefficient (Wildman–Crippen LogP) is 5.23. The molecule has 2 unspecified atom stereocenters. The first kappa shape index (κ1) is 20.6. The molecule has 1 saturated heterocycles. The van der Waals surface area contributed by atoms with E-state index in [9.17, 15) is 5.26 Å². The molecule has 34 heavy (non-hydrogen) atoms. The van der Waals surface area contributed by atoms with E-state index in [1.165, 1.54) is 0 Å². The van der Waals surface area contributed by atoms with Crippen LogP contribution >= 0.6 is 0 Å². The number of aliphatic imine (C=N–C) groups is 1. The SMILES string of the molecule is CC(C)(C#N)c1ccc(N2NCC3C=CC=C4N=C(c5ccc6ncccc6c5)C=CC432)cc1. The number of benzene rings is 2. The fraction of sp³-hybridized carbons (Fsp3) is 0.207. The van der Waals surface area contributed by atoms with Gasteiger partial charge in [-0.05, 0) is 68.0 Å². The van der Waals surface area contributed by atoms with E-state index < -0.39 is 5.41 Å². The number of anilines is 1. The molecule has 3 heterocycles. The van der Waals surface area contributed by atoms with Gasteiger partial charge >= 0.3 is 0 Å². The molecule has 0 radical (unpaired) electrons. The maximum Gasteiger partial charge on any atom is 0.124 e. The molecule has 1 spiro atoms. The number of aromatic nitrogens is 1. The summed E-state index contributed by atoms with van der Waals surface area (Å²) in [6.45, 7) is 4.72. The van der Waals surface area contributed by atoms with Crippen LogP contribution in [0.2, 0.25) is 0 Å². The van der Waals surface area contributed by atoms with Crippen molar-refractivity contribution < 1.29 is 0 Å². The van der Waals surface area contributed by atoms with E-state index in [1.54, 1.807) is 0 Å². The summed E-state index contributed by atoms with van der Waals surface area (Å²) >= 11 is 0.